The molecular formula is C15H21N5O. The van der Waals surface area contributed by atoms with E-state index in [1.54, 1.807) is 13.4 Å². The smallest absolute Gasteiger partial charge is 0.135 e. The van der Waals surface area contributed by atoms with Crippen molar-refractivity contribution in [2.45, 2.75) is 0 Å². The number of methoxy groups -OCH3 is 1. The molecule has 112 valence electrons. The molecule has 0 saturated carbocycles. The third-order valence-electron chi connectivity index (χ3n) is 2.87. The van der Waals surface area contributed by atoms with Crippen LogP contribution in [0.3, 0.4) is 0 Å². The fourth-order valence-electron chi connectivity index (χ4n) is 1.78. The molecule has 0 bridgehead atoms. The van der Waals surface area contributed by atoms with E-state index in [2.05, 4.69) is 25.5 Å². The molecule has 0 fully saturated rings. The molecule has 0 aliphatic rings. The van der Waals surface area contributed by atoms with Crippen molar-refractivity contribution in [1.82, 2.24) is 14.9 Å². The van der Waals surface area contributed by atoms with Crippen LogP contribution in [-0.4, -0.2) is 49.2 Å². The van der Waals surface area contributed by atoms with Crippen LogP contribution in [0, 0.1) is 0 Å². The maximum absolute atomic E-state index is 5.20. The van der Waals surface area contributed by atoms with Crippen LogP contribution >= 0.6 is 0 Å². The van der Waals surface area contributed by atoms with Crippen molar-refractivity contribution < 1.29 is 4.74 Å². The molecule has 0 radical (unpaired) electrons. The van der Waals surface area contributed by atoms with E-state index in [9.17, 15) is 0 Å². The third-order valence-corrected chi connectivity index (χ3v) is 2.87. The van der Waals surface area contributed by atoms with E-state index in [0.717, 1.165) is 36.2 Å². The number of ether oxygens (including phenoxy) is 1. The van der Waals surface area contributed by atoms with Crippen molar-refractivity contribution in [3.63, 3.8) is 0 Å². The zero-order chi connectivity index (χ0) is 15.1. The zero-order valence-corrected chi connectivity index (χ0v) is 12.6. The van der Waals surface area contributed by atoms with Gasteiger partial charge in [0.25, 0.3) is 0 Å². The number of nitrogens with one attached hydrogen (secondary N) is 2. The highest BCUT2D eigenvalue weighted by atomic mass is 16.5. The molecule has 1 heterocycles. The molecule has 21 heavy (non-hydrogen) atoms. The van der Waals surface area contributed by atoms with Crippen molar-refractivity contribution >= 4 is 17.3 Å². The predicted molar refractivity (Wildman–Crippen MR) is 85.4 cm³/mol. The molecule has 6 heteroatoms. The summed E-state index contributed by atoms with van der Waals surface area (Å²) in [4.78, 5) is 10.5. The Balaban J connectivity index is 1.99. The van der Waals surface area contributed by atoms with Crippen molar-refractivity contribution in [1.29, 1.82) is 0 Å². The van der Waals surface area contributed by atoms with Gasteiger partial charge in [-0.15, -0.1) is 0 Å². The van der Waals surface area contributed by atoms with Gasteiger partial charge in [-0.25, -0.2) is 9.97 Å². The normalized spacial score (nSPS) is 10.5. The van der Waals surface area contributed by atoms with E-state index >= 15 is 0 Å². The number of rotatable bonds is 7. The molecule has 0 unspecified atom stereocenters. The molecule has 2 N–H and O–H groups in total. The van der Waals surface area contributed by atoms with E-state index in [0.29, 0.717) is 0 Å². The van der Waals surface area contributed by atoms with Crippen molar-refractivity contribution in [2.75, 3.05) is 44.9 Å². The van der Waals surface area contributed by atoms with Crippen LogP contribution in [0.1, 0.15) is 0 Å². The maximum atomic E-state index is 5.20. The summed E-state index contributed by atoms with van der Waals surface area (Å²) in [6.07, 6.45) is 1.54. The van der Waals surface area contributed by atoms with Crippen LogP contribution in [0.5, 0.6) is 5.75 Å². The molecule has 2 aromatic rings. The van der Waals surface area contributed by atoms with Gasteiger partial charge in [-0.05, 0) is 26.2 Å². The monoisotopic (exact) mass is 287 g/mol. The van der Waals surface area contributed by atoms with Crippen molar-refractivity contribution in [3.05, 3.63) is 36.7 Å². The summed E-state index contributed by atoms with van der Waals surface area (Å²) in [5, 5.41) is 6.50. The Labute approximate surface area is 125 Å². The summed E-state index contributed by atoms with van der Waals surface area (Å²) in [6.45, 7) is 1.78. The first-order valence-electron chi connectivity index (χ1n) is 6.79. The van der Waals surface area contributed by atoms with Gasteiger partial charge in [0.1, 0.15) is 23.7 Å². The topological polar surface area (TPSA) is 62.3 Å². The van der Waals surface area contributed by atoms with Crippen LogP contribution in [0.15, 0.2) is 36.7 Å². The van der Waals surface area contributed by atoms with Crippen LogP contribution < -0.4 is 15.4 Å². The summed E-state index contributed by atoms with van der Waals surface area (Å²) in [7, 11) is 5.73. The summed E-state index contributed by atoms with van der Waals surface area (Å²) in [5.74, 6) is 2.35. The Morgan fingerprint density at radius 3 is 2.71 bits per heavy atom. The first-order valence-corrected chi connectivity index (χ1v) is 6.79. The second kappa shape index (κ2) is 7.44. The largest absolute Gasteiger partial charge is 0.497 e. The van der Waals surface area contributed by atoms with Gasteiger partial charge in [0.15, 0.2) is 0 Å². The molecule has 0 amide bonds. The highest BCUT2D eigenvalue weighted by Gasteiger charge is 2.01. The highest BCUT2D eigenvalue weighted by molar-refractivity contribution is 5.60. The van der Waals surface area contributed by atoms with Crippen molar-refractivity contribution in [2.24, 2.45) is 0 Å². The fraction of sp³-hybridized carbons (Fsp3) is 0.333. The summed E-state index contributed by atoms with van der Waals surface area (Å²) >= 11 is 0. The fourth-order valence-corrected chi connectivity index (χ4v) is 1.78. The average Bonchev–Trinajstić information content (AvgIpc) is 2.47. The minimum atomic E-state index is 0.741. The molecule has 0 atom stereocenters. The van der Waals surface area contributed by atoms with Crippen molar-refractivity contribution in [3.8, 4) is 5.75 Å². The van der Waals surface area contributed by atoms with E-state index in [4.69, 9.17) is 4.74 Å². The number of anilines is 3. The summed E-state index contributed by atoms with van der Waals surface area (Å²) in [5.41, 5.74) is 0.923. The lowest BCUT2D eigenvalue weighted by molar-refractivity contribution is 0.415. The van der Waals surface area contributed by atoms with E-state index in [1.807, 2.05) is 44.4 Å². The Morgan fingerprint density at radius 2 is 1.95 bits per heavy atom. The maximum Gasteiger partial charge on any atom is 0.135 e. The Bertz CT molecular complexity index is 573. The third kappa shape index (κ3) is 4.92. The summed E-state index contributed by atoms with van der Waals surface area (Å²) < 4.78 is 5.20. The quantitative estimate of drug-likeness (QED) is 0.814. The van der Waals surface area contributed by atoms with Gasteiger partial charge in [-0.1, -0.05) is 6.07 Å². The van der Waals surface area contributed by atoms with Gasteiger partial charge in [0, 0.05) is 30.9 Å². The minimum Gasteiger partial charge on any atom is -0.497 e. The second-order valence-electron chi connectivity index (χ2n) is 4.88. The standard InChI is InChI=1S/C15H21N5O/c1-20(2)8-7-16-14-10-15(18-11-17-14)19-12-5-4-6-13(9-12)21-3/h4-6,9-11H,7-8H2,1-3H3,(H2,16,17,18,19). The molecule has 0 spiro atoms. The average molecular weight is 287 g/mol. The zero-order valence-electron chi connectivity index (χ0n) is 12.6. The number of hydrogen-bond donors (Lipinski definition) is 2. The molecule has 0 aliphatic heterocycles. The Hall–Kier alpha value is -2.34. The van der Waals surface area contributed by atoms with E-state index in [1.165, 1.54) is 0 Å². The second-order valence-corrected chi connectivity index (χ2v) is 4.88. The van der Waals surface area contributed by atoms with Gasteiger partial charge in [0.05, 0.1) is 7.11 Å². The number of aromatic nitrogens is 2. The van der Waals surface area contributed by atoms with Gasteiger partial charge in [0.2, 0.25) is 0 Å². The number of nitrogens with zero attached hydrogens (tertiary/aromatic N) is 3. The lowest BCUT2D eigenvalue weighted by Gasteiger charge is -2.12. The lowest BCUT2D eigenvalue weighted by atomic mass is 10.3. The van der Waals surface area contributed by atoms with Crippen LogP contribution in [-0.2, 0) is 0 Å². The van der Waals surface area contributed by atoms with Crippen LogP contribution in [0.25, 0.3) is 0 Å². The number of benzene rings is 1. The van der Waals surface area contributed by atoms with Gasteiger partial charge in [-0.3, -0.25) is 0 Å². The molecule has 1 aromatic carbocycles. The van der Waals surface area contributed by atoms with Gasteiger partial charge in [-0.2, -0.15) is 0 Å². The Morgan fingerprint density at radius 1 is 1.14 bits per heavy atom. The van der Waals surface area contributed by atoms with E-state index in [-0.39, 0.29) is 0 Å². The molecular weight excluding hydrogens is 266 g/mol. The molecule has 1 aromatic heterocycles. The van der Waals surface area contributed by atoms with Gasteiger partial charge >= 0.3 is 0 Å². The molecule has 0 saturated heterocycles. The molecule has 6 nitrogen and oxygen atoms in total. The SMILES string of the molecule is COc1cccc(Nc2cc(NCCN(C)C)ncn2)c1. The predicted octanol–water partition coefficient (Wildman–Crippen LogP) is 2.20. The summed E-state index contributed by atoms with van der Waals surface area (Å²) in [6, 6.07) is 9.60. The molecule has 0 aliphatic carbocycles. The number of hydrogen-bond acceptors (Lipinski definition) is 6. The first kappa shape index (κ1) is 15.1. The Kier molecular flexibility index (Phi) is 5.34. The van der Waals surface area contributed by atoms with Crippen LogP contribution in [0.2, 0.25) is 0 Å². The van der Waals surface area contributed by atoms with Crippen LogP contribution in [0.4, 0.5) is 17.3 Å². The highest BCUT2D eigenvalue weighted by Crippen LogP contribution is 2.20. The molecule has 2 rings (SSSR count). The lowest BCUT2D eigenvalue weighted by Crippen LogP contribution is -2.21. The van der Waals surface area contributed by atoms with Gasteiger partial charge < -0.3 is 20.3 Å². The first-order chi connectivity index (χ1) is 10.2. The minimum absolute atomic E-state index is 0.741. The number of likely N-dealkylation sites (N-methyl/N-ethyl adjacent to an activating group) is 1. The van der Waals surface area contributed by atoms with E-state index < -0.39 is 0 Å².